The molecule has 190 valence electrons. The van der Waals surface area contributed by atoms with Crippen LogP contribution in [0.3, 0.4) is 0 Å². The van der Waals surface area contributed by atoms with E-state index in [1.807, 2.05) is 25.1 Å². The molecule has 1 aliphatic carbocycles. The zero-order valence-corrected chi connectivity index (χ0v) is 20.3. The SMILES string of the molecule is Cc1cc(COC2CCC(NC(=O)Cc3ccc(NC(=O)NCc4ccc(F)cc4)cc3)CC2)on1. The molecule has 9 heteroatoms. The number of halogens is 1. The molecule has 1 heterocycles. The maximum absolute atomic E-state index is 13.0. The lowest BCUT2D eigenvalue weighted by molar-refractivity contribution is -0.121. The molecule has 0 aliphatic heterocycles. The van der Waals surface area contributed by atoms with E-state index in [0.29, 0.717) is 18.8 Å². The molecule has 1 saturated carbocycles. The number of rotatable bonds is 9. The molecule has 0 unspecified atom stereocenters. The van der Waals surface area contributed by atoms with E-state index in [1.165, 1.54) is 12.1 Å². The van der Waals surface area contributed by atoms with Crippen LogP contribution in [-0.2, 0) is 29.1 Å². The van der Waals surface area contributed by atoms with E-state index in [0.717, 1.165) is 48.3 Å². The standard InChI is InChI=1S/C27H31FN4O4/c1-18-14-25(36-32-18)17-35-24-12-10-22(11-13-24)30-26(33)15-19-4-8-23(9-5-19)31-27(34)29-16-20-2-6-21(28)7-3-20/h2-9,14,22,24H,10-13,15-17H2,1H3,(H,30,33)(H2,29,31,34). The van der Waals surface area contributed by atoms with Crippen molar-refractivity contribution in [2.24, 2.45) is 0 Å². The van der Waals surface area contributed by atoms with E-state index >= 15 is 0 Å². The Bertz CT molecular complexity index is 1140. The summed E-state index contributed by atoms with van der Waals surface area (Å²) in [7, 11) is 0. The van der Waals surface area contributed by atoms with Crippen LogP contribution in [0.15, 0.2) is 59.1 Å². The zero-order chi connectivity index (χ0) is 25.3. The maximum atomic E-state index is 13.0. The van der Waals surface area contributed by atoms with Crippen LogP contribution in [0.1, 0.15) is 48.3 Å². The molecule has 3 N–H and O–H groups in total. The number of aryl methyl sites for hydroxylation is 1. The number of amides is 3. The van der Waals surface area contributed by atoms with Crippen LogP contribution in [-0.4, -0.2) is 29.2 Å². The smallest absolute Gasteiger partial charge is 0.319 e. The van der Waals surface area contributed by atoms with Crippen molar-refractivity contribution in [1.82, 2.24) is 15.8 Å². The summed E-state index contributed by atoms with van der Waals surface area (Å²) < 4.78 is 24.1. The fourth-order valence-electron chi connectivity index (χ4n) is 4.19. The number of nitrogens with zero attached hydrogens (tertiary/aromatic N) is 1. The number of nitrogens with one attached hydrogen (secondary N) is 3. The quantitative estimate of drug-likeness (QED) is 0.402. The van der Waals surface area contributed by atoms with Crippen molar-refractivity contribution in [2.75, 3.05) is 5.32 Å². The maximum Gasteiger partial charge on any atom is 0.319 e. The predicted octanol–water partition coefficient (Wildman–Crippen LogP) is 4.63. The highest BCUT2D eigenvalue weighted by atomic mass is 19.1. The van der Waals surface area contributed by atoms with Crippen molar-refractivity contribution in [2.45, 2.75) is 64.3 Å². The summed E-state index contributed by atoms with van der Waals surface area (Å²) in [6, 6.07) is 14.8. The van der Waals surface area contributed by atoms with Gasteiger partial charge in [0.15, 0.2) is 5.76 Å². The van der Waals surface area contributed by atoms with Crippen LogP contribution in [0.2, 0.25) is 0 Å². The van der Waals surface area contributed by atoms with Gasteiger partial charge in [-0.2, -0.15) is 0 Å². The molecule has 4 rings (SSSR count). The molecular formula is C27H31FN4O4. The van der Waals surface area contributed by atoms with Gasteiger partial charge in [0, 0.05) is 24.3 Å². The molecule has 0 bridgehead atoms. The largest absolute Gasteiger partial charge is 0.370 e. The van der Waals surface area contributed by atoms with Crippen molar-refractivity contribution in [3.63, 3.8) is 0 Å². The average Bonchev–Trinajstić information content (AvgIpc) is 3.29. The summed E-state index contributed by atoms with van der Waals surface area (Å²) >= 11 is 0. The second kappa shape index (κ2) is 12.3. The third-order valence-corrected chi connectivity index (χ3v) is 6.12. The first kappa shape index (κ1) is 25.4. The Kier molecular flexibility index (Phi) is 8.67. The number of carbonyl (C=O) groups excluding carboxylic acids is 2. The summed E-state index contributed by atoms with van der Waals surface area (Å²) in [5.74, 6) is 0.396. The lowest BCUT2D eigenvalue weighted by Crippen LogP contribution is -2.39. The van der Waals surface area contributed by atoms with Crippen LogP contribution in [0.4, 0.5) is 14.9 Å². The molecule has 0 radical (unpaired) electrons. The van der Waals surface area contributed by atoms with Crippen LogP contribution in [0.5, 0.6) is 0 Å². The molecule has 1 fully saturated rings. The average molecular weight is 495 g/mol. The van der Waals surface area contributed by atoms with Crippen LogP contribution in [0.25, 0.3) is 0 Å². The van der Waals surface area contributed by atoms with E-state index in [9.17, 15) is 14.0 Å². The van der Waals surface area contributed by atoms with Gasteiger partial charge in [0.2, 0.25) is 5.91 Å². The number of hydrogen-bond donors (Lipinski definition) is 3. The summed E-state index contributed by atoms with van der Waals surface area (Å²) in [6.07, 6.45) is 3.97. The Morgan fingerprint density at radius 3 is 2.39 bits per heavy atom. The number of aromatic nitrogens is 1. The normalized spacial score (nSPS) is 17.4. The monoisotopic (exact) mass is 494 g/mol. The van der Waals surface area contributed by atoms with Gasteiger partial charge < -0.3 is 25.2 Å². The zero-order valence-electron chi connectivity index (χ0n) is 20.3. The molecule has 0 spiro atoms. The van der Waals surface area contributed by atoms with E-state index in [1.54, 1.807) is 24.3 Å². The number of ether oxygens (including phenoxy) is 1. The Hall–Kier alpha value is -3.72. The van der Waals surface area contributed by atoms with Gasteiger partial charge in [-0.3, -0.25) is 4.79 Å². The van der Waals surface area contributed by atoms with Crippen molar-refractivity contribution in [1.29, 1.82) is 0 Å². The summed E-state index contributed by atoms with van der Waals surface area (Å²) in [5, 5.41) is 12.5. The Balaban J connectivity index is 1.13. The first-order chi connectivity index (χ1) is 17.4. The summed E-state index contributed by atoms with van der Waals surface area (Å²) in [5.41, 5.74) is 3.13. The molecule has 1 aromatic heterocycles. The molecule has 8 nitrogen and oxygen atoms in total. The molecule has 3 aromatic rings. The van der Waals surface area contributed by atoms with Crippen LogP contribution < -0.4 is 16.0 Å². The Morgan fingerprint density at radius 1 is 1.03 bits per heavy atom. The molecule has 0 atom stereocenters. The van der Waals surface area contributed by atoms with Crippen molar-refractivity contribution >= 4 is 17.6 Å². The summed E-state index contributed by atoms with van der Waals surface area (Å²) in [6.45, 7) is 2.59. The number of benzene rings is 2. The molecular weight excluding hydrogens is 463 g/mol. The Morgan fingerprint density at radius 2 is 1.72 bits per heavy atom. The molecule has 1 aliphatic rings. The fourth-order valence-corrected chi connectivity index (χ4v) is 4.19. The minimum atomic E-state index is -0.361. The van der Waals surface area contributed by atoms with Gasteiger partial charge in [-0.05, 0) is 68.0 Å². The number of hydrogen-bond acceptors (Lipinski definition) is 5. The highest BCUT2D eigenvalue weighted by Gasteiger charge is 2.23. The van der Waals surface area contributed by atoms with Gasteiger partial charge in [0.25, 0.3) is 0 Å². The van der Waals surface area contributed by atoms with Crippen molar-refractivity contribution in [3.05, 3.63) is 83.0 Å². The van der Waals surface area contributed by atoms with E-state index in [-0.39, 0.29) is 36.3 Å². The number of urea groups is 1. The van der Waals surface area contributed by atoms with Gasteiger partial charge in [-0.15, -0.1) is 0 Å². The highest BCUT2D eigenvalue weighted by molar-refractivity contribution is 5.89. The number of anilines is 1. The molecule has 0 saturated heterocycles. The second-order valence-corrected chi connectivity index (χ2v) is 9.09. The fraction of sp³-hybridized carbons (Fsp3) is 0.370. The van der Waals surface area contributed by atoms with Gasteiger partial charge in [0.05, 0.1) is 18.2 Å². The third kappa shape index (κ3) is 7.91. The number of carbonyl (C=O) groups is 2. The highest BCUT2D eigenvalue weighted by Crippen LogP contribution is 2.22. The third-order valence-electron chi connectivity index (χ3n) is 6.12. The molecule has 2 aromatic carbocycles. The topological polar surface area (TPSA) is 105 Å². The first-order valence-electron chi connectivity index (χ1n) is 12.1. The van der Waals surface area contributed by atoms with Gasteiger partial charge >= 0.3 is 6.03 Å². The lowest BCUT2D eigenvalue weighted by atomic mass is 9.92. The van der Waals surface area contributed by atoms with Crippen LogP contribution in [0, 0.1) is 12.7 Å². The summed E-state index contributed by atoms with van der Waals surface area (Å²) in [4.78, 5) is 24.6. The van der Waals surface area contributed by atoms with Gasteiger partial charge in [-0.25, -0.2) is 9.18 Å². The van der Waals surface area contributed by atoms with Gasteiger partial charge in [-0.1, -0.05) is 29.4 Å². The van der Waals surface area contributed by atoms with Crippen molar-refractivity contribution < 1.29 is 23.2 Å². The first-order valence-corrected chi connectivity index (χ1v) is 12.1. The van der Waals surface area contributed by atoms with Crippen LogP contribution >= 0.6 is 0 Å². The molecule has 3 amide bonds. The van der Waals surface area contributed by atoms with E-state index < -0.39 is 0 Å². The van der Waals surface area contributed by atoms with E-state index in [2.05, 4.69) is 21.1 Å². The Labute approximate surface area is 209 Å². The van der Waals surface area contributed by atoms with E-state index in [4.69, 9.17) is 9.26 Å². The predicted molar refractivity (Wildman–Crippen MR) is 133 cm³/mol. The lowest BCUT2D eigenvalue weighted by Gasteiger charge is -2.29. The molecule has 36 heavy (non-hydrogen) atoms. The minimum absolute atomic E-state index is 0.0192. The minimum Gasteiger partial charge on any atom is -0.370 e. The van der Waals surface area contributed by atoms with Crippen molar-refractivity contribution in [3.8, 4) is 0 Å². The second-order valence-electron chi connectivity index (χ2n) is 9.09. The van der Waals surface area contributed by atoms with Gasteiger partial charge in [0.1, 0.15) is 12.4 Å².